The number of nitrogens with zero attached hydrogens (tertiary/aromatic N) is 4. The first-order valence-corrected chi connectivity index (χ1v) is 3.78. The second-order valence-electron chi connectivity index (χ2n) is 2.54. The maximum Gasteiger partial charge on any atom is 0.213 e. The van der Waals surface area contributed by atoms with Gasteiger partial charge in [-0.05, 0) is 23.6 Å². The van der Waals surface area contributed by atoms with E-state index in [2.05, 4.69) is 15.0 Å². The molecule has 0 bridgehead atoms. The van der Waals surface area contributed by atoms with Crippen LogP contribution < -0.4 is 4.74 Å². The predicted molar refractivity (Wildman–Crippen MR) is 48.4 cm³/mol. The number of hydrogen-bond donors (Lipinski definition) is 0. The van der Waals surface area contributed by atoms with Crippen LogP contribution in [0.1, 0.15) is 11.1 Å². The van der Waals surface area contributed by atoms with Gasteiger partial charge in [-0.1, -0.05) is 5.11 Å². The summed E-state index contributed by atoms with van der Waals surface area (Å²) in [5, 5.41) is 3.46. The topological polar surface area (TPSA) is 70.9 Å². The minimum atomic E-state index is 0.333. The largest absolute Gasteiger partial charge is 0.481 e. The summed E-state index contributed by atoms with van der Waals surface area (Å²) in [6, 6.07) is 1.81. The van der Waals surface area contributed by atoms with Crippen LogP contribution in [0.2, 0.25) is 0 Å². The SMILES string of the molecule is COc1cc(C)c(CN=[N+]=[N-])cn1. The zero-order valence-corrected chi connectivity index (χ0v) is 7.56. The molecule has 0 aliphatic rings. The molecular weight excluding hydrogens is 168 g/mol. The quantitative estimate of drug-likeness (QED) is 0.404. The Labute approximate surface area is 76.0 Å². The van der Waals surface area contributed by atoms with Crippen molar-refractivity contribution in [3.8, 4) is 5.88 Å². The van der Waals surface area contributed by atoms with E-state index in [0.29, 0.717) is 12.4 Å². The summed E-state index contributed by atoms with van der Waals surface area (Å²) in [4.78, 5) is 6.69. The van der Waals surface area contributed by atoms with Gasteiger partial charge in [-0.25, -0.2) is 4.98 Å². The fourth-order valence-electron chi connectivity index (χ4n) is 0.943. The molecule has 0 aliphatic carbocycles. The second-order valence-corrected chi connectivity index (χ2v) is 2.54. The van der Waals surface area contributed by atoms with Crippen LogP contribution in [-0.2, 0) is 6.54 Å². The fourth-order valence-corrected chi connectivity index (χ4v) is 0.943. The maximum atomic E-state index is 8.13. The maximum absolute atomic E-state index is 8.13. The lowest BCUT2D eigenvalue weighted by atomic mass is 10.2. The molecule has 1 rings (SSSR count). The number of aryl methyl sites for hydroxylation is 1. The molecule has 68 valence electrons. The molecule has 0 unspecified atom stereocenters. The molecule has 1 aromatic heterocycles. The molecule has 0 fully saturated rings. The van der Waals surface area contributed by atoms with Gasteiger partial charge in [0.2, 0.25) is 5.88 Å². The minimum absolute atomic E-state index is 0.333. The van der Waals surface area contributed by atoms with E-state index in [1.165, 1.54) is 0 Å². The van der Waals surface area contributed by atoms with Crippen molar-refractivity contribution in [2.45, 2.75) is 13.5 Å². The van der Waals surface area contributed by atoms with E-state index in [1.807, 2.05) is 13.0 Å². The van der Waals surface area contributed by atoms with Crippen LogP contribution in [0, 0.1) is 6.92 Å². The summed E-state index contributed by atoms with van der Waals surface area (Å²) < 4.78 is 4.94. The average Bonchev–Trinajstić information content (AvgIpc) is 2.16. The van der Waals surface area contributed by atoms with Gasteiger partial charge >= 0.3 is 0 Å². The number of azide groups is 1. The van der Waals surface area contributed by atoms with Crippen molar-refractivity contribution in [1.82, 2.24) is 4.98 Å². The summed E-state index contributed by atoms with van der Waals surface area (Å²) in [6.07, 6.45) is 1.66. The van der Waals surface area contributed by atoms with Gasteiger partial charge in [-0.3, -0.25) is 0 Å². The normalized spacial score (nSPS) is 9.08. The lowest BCUT2D eigenvalue weighted by Crippen LogP contribution is -1.92. The summed E-state index contributed by atoms with van der Waals surface area (Å²) >= 11 is 0. The highest BCUT2D eigenvalue weighted by molar-refractivity contribution is 5.27. The Kier molecular flexibility index (Phi) is 3.11. The van der Waals surface area contributed by atoms with Crippen LogP contribution in [0.25, 0.3) is 10.4 Å². The van der Waals surface area contributed by atoms with Gasteiger partial charge in [0.25, 0.3) is 0 Å². The van der Waals surface area contributed by atoms with Crippen molar-refractivity contribution in [3.05, 3.63) is 33.8 Å². The molecule has 0 radical (unpaired) electrons. The Morgan fingerprint density at radius 2 is 2.46 bits per heavy atom. The molecule has 0 aliphatic heterocycles. The number of hydrogen-bond acceptors (Lipinski definition) is 3. The van der Waals surface area contributed by atoms with Crippen molar-refractivity contribution >= 4 is 0 Å². The first-order valence-electron chi connectivity index (χ1n) is 3.78. The lowest BCUT2D eigenvalue weighted by molar-refractivity contribution is 0.397. The molecule has 0 amide bonds. The van der Waals surface area contributed by atoms with E-state index in [0.717, 1.165) is 11.1 Å². The first kappa shape index (κ1) is 9.35. The van der Waals surface area contributed by atoms with E-state index in [1.54, 1.807) is 13.3 Å². The van der Waals surface area contributed by atoms with Crippen LogP contribution in [0.5, 0.6) is 5.88 Å². The average molecular weight is 178 g/mol. The minimum Gasteiger partial charge on any atom is -0.481 e. The standard InChI is InChI=1S/C8H10N4O/c1-6-3-8(13-2)10-4-7(6)5-11-12-9/h3-4H,5H2,1-2H3. The molecule has 0 saturated carbocycles. The number of rotatable bonds is 3. The smallest absolute Gasteiger partial charge is 0.213 e. The van der Waals surface area contributed by atoms with Gasteiger partial charge in [0, 0.05) is 17.2 Å². The van der Waals surface area contributed by atoms with E-state index in [-0.39, 0.29) is 0 Å². The third-order valence-corrected chi connectivity index (χ3v) is 1.71. The Morgan fingerprint density at radius 3 is 3.00 bits per heavy atom. The van der Waals surface area contributed by atoms with Gasteiger partial charge in [0.1, 0.15) is 0 Å². The number of ether oxygens (including phenoxy) is 1. The van der Waals surface area contributed by atoms with Crippen LogP contribution >= 0.6 is 0 Å². The van der Waals surface area contributed by atoms with Crippen LogP contribution in [0.4, 0.5) is 0 Å². The molecular formula is C8H10N4O. The fraction of sp³-hybridized carbons (Fsp3) is 0.375. The zero-order chi connectivity index (χ0) is 9.68. The van der Waals surface area contributed by atoms with Crippen molar-refractivity contribution in [1.29, 1.82) is 0 Å². The van der Waals surface area contributed by atoms with Gasteiger partial charge in [0.05, 0.1) is 13.7 Å². The molecule has 5 nitrogen and oxygen atoms in total. The second kappa shape index (κ2) is 4.33. The molecule has 0 atom stereocenters. The van der Waals surface area contributed by atoms with Gasteiger partial charge in [-0.15, -0.1) is 0 Å². The highest BCUT2D eigenvalue weighted by Gasteiger charge is 1.99. The van der Waals surface area contributed by atoms with Crippen molar-refractivity contribution < 1.29 is 4.74 Å². The molecule has 0 saturated heterocycles. The van der Waals surface area contributed by atoms with E-state index < -0.39 is 0 Å². The zero-order valence-electron chi connectivity index (χ0n) is 7.56. The van der Waals surface area contributed by atoms with Gasteiger partial charge in [0.15, 0.2) is 0 Å². The van der Waals surface area contributed by atoms with Crippen molar-refractivity contribution in [2.75, 3.05) is 7.11 Å². The molecule has 0 spiro atoms. The lowest BCUT2D eigenvalue weighted by Gasteiger charge is -2.03. The van der Waals surface area contributed by atoms with Gasteiger partial charge < -0.3 is 4.74 Å². The summed E-state index contributed by atoms with van der Waals surface area (Å²) in [5.74, 6) is 0.571. The Hall–Kier alpha value is -1.74. The molecule has 0 N–H and O–H groups in total. The Balaban J connectivity index is 2.91. The van der Waals surface area contributed by atoms with Crippen LogP contribution in [-0.4, -0.2) is 12.1 Å². The highest BCUT2D eigenvalue weighted by Crippen LogP contribution is 2.13. The van der Waals surface area contributed by atoms with Crippen molar-refractivity contribution in [3.63, 3.8) is 0 Å². The molecule has 13 heavy (non-hydrogen) atoms. The Bertz CT molecular complexity index is 344. The predicted octanol–water partition coefficient (Wildman–Crippen LogP) is 2.21. The number of methoxy groups -OCH3 is 1. The van der Waals surface area contributed by atoms with E-state index in [9.17, 15) is 0 Å². The molecule has 1 aromatic rings. The third kappa shape index (κ3) is 2.35. The van der Waals surface area contributed by atoms with Gasteiger partial charge in [-0.2, -0.15) is 0 Å². The molecule has 1 heterocycles. The first-order chi connectivity index (χ1) is 6.27. The summed E-state index contributed by atoms with van der Waals surface area (Å²) in [5.41, 5.74) is 10.1. The van der Waals surface area contributed by atoms with E-state index >= 15 is 0 Å². The third-order valence-electron chi connectivity index (χ3n) is 1.71. The molecule has 5 heteroatoms. The van der Waals surface area contributed by atoms with Crippen molar-refractivity contribution in [2.24, 2.45) is 5.11 Å². The summed E-state index contributed by atoms with van der Waals surface area (Å²) in [7, 11) is 1.56. The molecule has 0 aromatic carbocycles. The van der Waals surface area contributed by atoms with Crippen LogP contribution in [0.3, 0.4) is 0 Å². The van der Waals surface area contributed by atoms with E-state index in [4.69, 9.17) is 10.3 Å². The Morgan fingerprint density at radius 1 is 1.69 bits per heavy atom. The van der Waals surface area contributed by atoms with Crippen LogP contribution in [0.15, 0.2) is 17.4 Å². The monoisotopic (exact) mass is 178 g/mol. The highest BCUT2D eigenvalue weighted by atomic mass is 16.5. The number of pyridine rings is 1. The summed E-state index contributed by atoms with van der Waals surface area (Å²) in [6.45, 7) is 2.26. The number of aromatic nitrogens is 1.